The summed E-state index contributed by atoms with van der Waals surface area (Å²) in [6.07, 6.45) is 2.64. The number of nitrogens with one attached hydrogen (secondary N) is 1. The molecule has 4 rings (SSSR count). The topological polar surface area (TPSA) is 58.6 Å². The predicted octanol–water partition coefficient (Wildman–Crippen LogP) is 5.61. The Labute approximate surface area is 192 Å². The molecule has 1 atom stereocenters. The molecule has 0 bridgehead atoms. The molecule has 5 nitrogen and oxygen atoms in total. The number of anilines is 2. The van der Waals surface area contributed by atoms with E-state index >= 15 is 0 Å². The number of aryl methyl sites for hydroxylation is 1. The number of halogens is 1. The van der Waals surface area contributed by atoms with Crippen LogP contribution in [0.5, 0.6) is 5.75 Å². The molecule has 1 aliphatic rings. The third-order valence-corrected chi connectivity index (χ3v) is 5.40. The van der Waals surface area contributed by atoms with Crippen LogP contribution in [0.2, 0.25) is 5.02 Å². The van der Waals surface area contributed by atoms with Gasteiger partial charge in [-0.1, -0.05) is 53.6 Å². The van der Waals surface area contributed by atoms with Gasteiger partial charge < -0.3 is 15.0 Å². The first-order valence-corrected chi connectivity index (χ1v) is 10.7. The van der Waals surface area contributed by atoms with E-state index in [4.69, 9.17) is 16.3 Å². The van der Waals surface area contributed by atoms with Crippen molar-refractivity contribution < 1.29 is 14.3 Å². The number of rotatable bonds is 5. The maximum atomic E-state index is 12.9. The monoisotopic (exact) mass is 446 g/mol. The van der Waals surface area contributed by atoms with E-state index in [1.54, 1.807) is 42.2 Å². The van der Waals surface area contributed by atoms with Crippen molar-refractivity contribution in [3.63, 3.8) is 0 Å². The molecule has 0 spiro atoms. The van der Waals surface area contributed by atoms with Gasteiger partial charge in [-0.3, -0.25) is 9.59 Å². The summed E-state index contributed by atoms with van der Waals surface area (Å²) in [4.78, 5) is 26.9. The average Bonchev–Trinajstić information content (AvgIpc) is 2.77. The van der Waals surface area contributed by atoms with E-state index < -0.39 is 6.10 Å². The fourth-order valence-electron chi connectivity index (χ4n) is 3.50. The van der Waals surface area contributed by atoms with Crippen LogP contribution in [0.3, 0.4) is 0 Å². The van der Waals surface area contributed by atoms with Gasteiger partial charge in [-0.15, -0.1) is 0 Å². The molecule has 0 saturated heterocycles. The van der Waals surface area contributed by atoms with Crippen molar-refractivity contribution in [1.82, 2.24) is 0 Å². The maximum Gasteiger partial charge on any atom is 0.268 e. The summed E-state index contributed by atoms with van der Waals surface area (Å²) >= 11 is 6.11. The standard InChI is InChI=1S/C26H23ClN2O3/c1-17-6-8-19(9-7-17)10-13-25(30)28-22-11-12-24-23(15-22)29(26(31)18(2)32-24)16-20-4-3-5-21(27)14-20/h3-15,18H,16H2,1-2H3,(H,28,30)/b13-10+. The average molecular weight is 447 g/mol. The van der Waals surface area contributed by atoms with Crippen molar-refractivity contribution in [2.24, 2.45) is 0 Å². The zero-order chi connectivity index (χ0) is 22.7. The summed E-state index contributed by atoms with van der Waals surface area (Å²) in [5.41, 5.74) is 4.19. The Balaban J connectivity index is 1.55. The molecule has 32 heavy (non-hydrogen) atoms. The third-order valence-electron chi connectivity index (χ3n) is 5.17. The number of hydrogen-bond acceptors (Lipinski definition) is 3. The molecule has 1 aliphatic heterocycles. The lowest BCUT2D eigenvalue weighted by Gasteiger charge is -2.33. The highest BCUT2D eigenvalue weighted by Gasteiger charge is 2.31. The number of carbonyl (C=O) groups is 2. The van der Waals surface area contributed by atoms with Crippen molar-refractivity contribution >= 4 is 40.9 Å². The van der Waals surface area contributed by atoms with Crippen LogP contribution in [0.1, 0.15) is 23.6 Å². The normalized spacial score (nSPS) is 15.4. The molecule has 0 saturated carbocycles. The van der Waals surface area contributed by atoms with Gasteiger partial charge in [0.05, 0.1) is 12.2 Å². The van der Waals surface area contributed by atoms with E-state index in [1.165, 1.54) is 6.08 Å². The van der Waals surface area contributed by atoms with Gasteiger partial charge in [0.1, 0.15) is 5.75 Å². The highest BCUT2D eigenvalue weighted by atomic mass is 35.5. The first-order chi connectivity index (χ1) is 15.4. The van der Waals surface area contributed by atoms with Crippen LogP contribution in [-0.4, -0.2) is 17.9 Å². The van der Waals surface area contributed by atoms with E-state index in [2.05, 4.69) is 5.32 Å². The van der Waals surface area contributed by atoms with Gasteiger partial charge in [-0.2, -0.15) is 0 Å². The number of hydrogen-bond donors (Lipinski definition) is 1. The number of fused-ring (bicyclic) bond motifs is 1. The molecule has 1 unspecified atom stereocenters. The van der Waals surface area contributed by atoms with Gasteiger partial charge >= 0.3 is 0 Å². The number of carbonyl (C=O) groups excluding carboxylic acids is 2. The summed E-state index contributed by atoms with van der Waals surface area (Å²) in [7, 11) is 0. The number of nitrogens with zero attached hydrogens (tertiary/aromatic N) is 1. The minimum atomic E-state index is -0.598. The molecule has 0 radical (unpaired) electrons. The molecule has 0 aliphatic carbocycles. The Morgan fingerprint density at radius 3 is 2.66 bits per heavy atom. The lowest BCUT2D eigenvalue weighted by molar-refractivity contribution is -0.125. The molecule has 0 fully saturated rings. The second-order valence-electron chi connectivity index (χ2n) is 7.73. The lowest BCUT2D eigenvalue weighted by Crippen LogP contribution is -2.44. The Morgan fingerprint density at radius 2 is 1.91 bits per heavy atom. The maximum absolute atomic E-state index is 12.9. The van der Waals surface area contributed by atoms with Crippen LogP contribution in [0.25, 0.3) is 6.08 Å². The van der Waals surface area contributed by atoms with E-state index in [9.17, 15) is 9.59 Å². The van der Waals surface area contributed by atoms with E-state index in [0.717, 1.165) is 16.7 Å². The molecule has 1 heterocycles. The van der Waals surface area contributed by atoms with Gasteiger partial charge in [0.2, 0.25) is 5.91 Å². The highest BCUT2D eigenvalue weighted by Crippen LogP contribution is 2.37. The minimum absolute atomic E-state index is 0.153. The van der Waals surface area contributed by atoms with Crippen LogP contribution >= 0.6 is 11.6 Å². The Kier molecular flexibility index (Phi) is 6.28. The fraction of sp³-hybridized carbons (Fsp3) is 0.154. The van der Waals surface area contributed by atoms with Crippen molar-refractivity contribution in [2.45, 2.75) is 26.5 Å². The SMILES string of the molecule is Cc1ccc(/C=C/C(=O)Nc2ccc3c(c2)N(Cc2cccc(Cl)c2)C(=O)C(C)O3)cc1. The Bertz CT molecular complexity index is 1190. The van der Waals surface area contributed by atoms with E-state index in [0.29, 0.717) is 28.7 Å². The first kappa shape index (κ1) is 21.7. The minimum Gasteiger partial charge on any atom is -0.479 e. The quantitative estimate of drug-likeness (QED) is 0.518. The summed E-state index contributed by atoms with van der Waals surface area (Å²) in [5.74, 6) is 0.177. The van der Waals surface area contributed by atoms with Crippen LogP contribution in [-0.2, 0) is 16.1 Å². The smallest absolute Gasteiger partial charge is 0.268 e. The lowest BCUT2D eigenvalue weighted by atomic mass is 10.1. The Hall–Kier alpha value is -3.57. The van der Waals surface area contributed by atoms with Crippen molar-refractivity contribution in [1.29, 1.82) is 0 Å². The van der Waals surface area contributed by atoms with Gasteiger partial charge in [0.15, 0.2) is 6.10 Å². The zero-order valence-corrected chi connectivity index (χ0v) is 18.6. The molecule has 3 aromatic rings. The zero-order valence-electron chi connectivity index (χ0n) is 17.8. The molecule has 3 aromatic carbocycles. The van der Waals surface area contributed by atoms with Crippen molar-refractivity contribution in [3.8, 4) is 5.75 Å². The molecular formula is C26H23ClN2O3. The van der Waals surface area contributed by atoms with Crippen molar-refractivity contribution in [2.75, 3.05) is 10.2 Å². The van der Waals surface area contributed by atoms with Crippen molar-refractivity contribution in [3.05, 3.63) is 94.5 Å². The fourth-order valence-corrected chi connectivity index (χ4v) is 3.71. The summed E-state index contributed by atoms with van der Waals surface area (Å²) in [6, 6.07) is 20.6. The van der Waals surface area contributed by atoms with Gasteiger partial charge in [-0.25, -0.2) is 0 Å². The van der Waals surface area contributed by atoms with Gasteiger partial charge in [0, 0.05) is 16.8 Å². The molecule has 0 aromatic heterocycles. The van der Waals surface area contributed by atoms with Crippen LogP contribution in [0.15, 0.2) is 72.8 Å². The second-order valence-corrected chi connectivity index (χ2v) is 8.17. The number of benzene rings is 3. The summed E-state index contributed by atoms with van der Waals surface area (Å²) in [5, 5.41) is 3.46. The summed E-state index contributed by atoms with van der Waals surface area (Å²) in [6.45, 7) is 4.09. The molecule has 2 amide bonds. The molecular weight excluding hydrogens is 424 g/mol. The molecule has 6 heteroatoms. The summed E-state index contributed by atoms with van der Waals surface area (Å²) < 4.78 is 5.77. The largest absolute Gasteiger partial charge is 0.479 e. The van der Waals surface area contributed by atoms with Crippen LogP contribution < -0.4 is 15.0 Å². The predicted molar refractivity (Wildman–Crippen MR) is 128 cm³/mol. The Morgan fingerprint density at radius 1 is 1.12 bits per heavy atom. The third kappa shape index (κ3) is 5.01. The van der Waals surface area contributed by atoms with Crippen LogP contribution in [0, 0.1) is 6.92 Å². The first-order valence-electron chi connectivity index (χ1n) is 10.3. The number of amides is 2. The van der Waals surface area contributed by atoms with Gasteiger partial charge in [-0.05, 0) is 61.4 Å². The van der Waals surface area contributed by atoms with E-state index in [1.807, 2.05) is 49.4 Å². The second kappa shape index (κ2) is 9.28. The number of ether oxygens (including phenoxy) is 1. The van der Waals surface area contributed by atoms with Crippen LogP contribution in [0.4, 0.5) is 11.4 Å². The van der Waals surface area contributed by atoms with Gasteiger partial charge in [0.25, 0.3) is 5.91 Å². The van der Waals surface area contributed by atoms with E-state index in [-0.39, 0.29) is 11.8 Å². The molecule has 162 valence electrons. The highest BCUT2D eigenvalue weighted by molar-refractivity contribution is 6.30. The molecule has 1 N–H and O–H groups in total.